The van der Waals surface area contributed by atoms with Crippen LogP contribution in [0.3, 0.4) is 0 Å². The van der Waals surface area contributed by atoms with E-state index in [4.69, 9.17) is 9.47 Å². The van der Waals surface area contributed by atoms with Gasteiger partial charge in [0, 0.05) is 29.6 Å². The van der Waals surface area contributed by atoms with Crippen molar-refractivity contribution in [1.82, 2.24) is 9.97 Å². The average molecular weight is 392 g/mol. The van der Waals surface area contributed by atoms with Gasteiger partial charge >= 0.3 is 0 Å². The van der Waals surface area contributed by atoms with Crippen molar-refractivity contribution in [2.24, 2.45) is 0 Å². The second kappa shape index (κ2) is 10.1. The number of rotatable bonds is 9. The van der Waals surface area contributed by atoms with Crippen LogP contribution in [0.5, 0.6) is 11.5 Å². The van der Waals surface area contributed by atoms with E-state index in [1.54, 1.807) is 7.11 Å². The molecule has 0 bridgehead atoms. The van der Waals surface area contributed by atoms with Gasteiger partial charge in [0.2, 0.25) is 5.91 Å². The highest BCUT2D eigenvalue weighted by atomic mass is 16.5. The second-order valence-corrected chi connectivity index (χ2v) is 6.42. The number of aryl methyl sites for hydroxylation is 1. The first-order chi connectivity index (χ1) is 14.1. The molecule has 1 aromatic heterocycles. The Balaban J connectivity index is 1.39. The van der Waals surface area contributed by atoms with E-state index >= 15 is 0 Å². The van der Waals surface area contributed by atoms with E-state index in [1.807, 2.05) is 61.5 Å². The number of anilines is 3. The third-order valence-corrected chi connectivity index (χ3v) is 4.12. The minimum Gasteiger partial charge on any atom is -0.497 e. The van der Waals surface area contributed by atoms with Gasteiger partial charge in [-0.25, -0.2) is 9.97 Å². The molecule has 0 radical (unpaired) electrons. The number of ether oxygens (including phenoxy) is 2. The van der Waals surface area contributed by atoms with Crippen LogP contribution in [0.1, 0.15) is 18.5 Å². The maximum Gasteiger partial charge on any atom is 0.224 e. The van der Waals surface area contributed by atoms with Gasteiger partial charge in [-0.05, 0) is 61.9 Å². The lowest BCUT2D eigenvalue weighted by Gasteiger charge is -2.09. The normalized spacial score (nSPS) is 10.3. The Morgan fingerprint density at radius 1 is 0.966 bits per heavy atom. The van der Waals surface area contributed by atoms with Crippen LogP contribution in [-0.4, -0.2) is 29.6 Å². The Bertz CT molecular complexity index is 928. The van der Waals surface area contributed by atoms with Crippen LogP contribution >= 0.6 is 0 Å². The highest BCUT2D eigenvalue weighted by molar-refractivity contribution is 5.90. The van der Waals surface area contributed by atoms with E-state index < -0.39 is 0 Å². The molecule has 0 unspecified atom stereocenters. The molecule has 2 aromatic carbocycles. The summed E-state index contributed by atoms with van der Waals surface area (Å²) in [6.07, 6.45) is 2.53. The van der Waals surface area contributed by atoms with Crippen LogP contribution in [-0.2, 0) is 4.79 Å². The number of nitrogens with zero attached hydrogens (tertiary/aromatic N) is 2. The Hall–Kier alpha value is -3.61. The van der Waals surface area contributed by atoms with Crippen molar-refractivity contribution < 1.29 is 14.3 Å². The standard InChI is InChI=1S/C22H24N4O3/c1-16-14-21(24-15-23-16)25-17-5-7-18(8-6-17)26-22(27)4-3-13-29-20-11-9-19(28-2)10-12-20/h5-12,14-15H,3-4,13H2,1-2H3,(H,26,27)(H,23,24,25). The van der Waals surface area contributed by atoms with E-state index in [1.165, 1.54) is 6.33 Å². The summed E-state index contributed by atoms with van der Waals surface area (Å²) in [5, 5.41) is 6.09. The first kappa shape index (κ1) is 20.1. The topological polar surface area (TPSA) is 85.4 Å². The van der Waals surface area contributed by atoms with E-state index in [0.717, 1.165) is 34.4 Å². The smallest absolute Gasteiger partial charge is 0.224 e. The fraction of sp³-hybridized carbons (Fsp3) is 0.227. The zero-order valence-electron chi connectivity index (χ0n) is 16.5. The molecule has 0 fully saturated rings. The quantitative estimate of drug-likeness (QED) is 0.527. The average Bonchev–Trinajstić information content (AvgIpc) is 2.73. The van der Waals surface area contributed by atoms with Crippen LogP contribution in [0.15, 0.2) is 60.9 Å². The van der Waals surface area contributed by atoms with Gasteiger partial charge in [-0.2, -0.15) is 0 Å². The number of nitrogens with one attached hydrogen (secondary N) is 2. The van der Waals surface area contributed by atoms with Gasteiger partial charge in [0.1, 0.15) is 23.6 Å². The Kier molecular flexibility index (Phi) is 7.00. The van der Waals surface area contributed by atoms with Crippen molar-refractivity contribution in [2.75, 3.05) is 24.4 Å². The van der Waals surface area contributed by atoms with E-state index in [2.05, 4.69) is 20.6 Å². The van der Waals surface area contributed by atoms with Gasteiger partial charge in [-0.1, -0.05) is 0 Å². The van der Waals surface area contributed by atoms with Crippen LogP contribution in [0.2, 0.25) is 0 Å². The molecular formula is C22H24N4O3. The molecule has 0 aliphatic carbocycles. The highest BCUT2D eigenvalue weighted by Crippen LogP contribution is 2.19. The van der Waals surface area contributed by atoms with Crippen molar-refractivity contribution in [3.05, 3.63) is 66.6 Å². The fourth-order valence-corrected chi connectivity index (χ4v) is 2.63. The molecule has 1 amide bonds. The van der Waals surface area contributed by atoms with Gasteiger partial charge in [0.05, 0.1) is 13.7 Å². The number of carbonyl (C=O) groups is 1. The van der Waals surface area contributed by atoms with Gasteiger partial charge in [0.25, 0.3) is 0 Å². The van der Waals surface area contributed by atoms with E-state index in [-0.39, 0.29) is 5.91 Å². The van der Waals surface area contributed by atoms with Crippen LogP contribution in [0, 0.1) is 6.92 Å². The summed E-state index contributed by atoms with van der Waals surface area (Å²) < 4.78 is 10.7. The molecule has 7 heteroatoms. The Morgan fingerprint density at radius 3 is 2.34 bits per heavy atom. The highest BCUT2D eigenvalue weighted by Gasteiger charge is 2.04. The summed E-state index contributed by atoms with van der Waals surface area (Å²) in [6, 6.07) is 16.7. The number of amides is 1. The van der Waals surface area contributed by atoms with Crippen LogP contribution in [0.4, 0.5) is 17.2 Å². The van der Waals surface area contributed by atoms with Crippen molar-refractivity contribution in [1.29, 1.82) is 0 Å². The minimum absolute atomic E-state index is 0.0459. The number of methoxy groups -OCH3 is 1. The maximum atomic E-state index is 12.1. The summed E-state index contributed by atoms with van der Waals surface area (Å²) in [6.45, 7) is 2.38. The monoisotopic (exact) mass is 392 g/mol. The number of hydrogen-bond acceptors (Lipinski definition) is 6. The number of aromatic nitrogens is 2. The third kappa shape index (κ3) is 6.49. The zero-order valence-corrected chi connectivity index (χ0v) is 16.5. The molecule has 0 atom stereocenters. The number of benzene rings is 2. The maximum absolute atomic E-state index is 12.1. The van der Waals surface area contributed by atoms with Gasteiger partial charge in [-0.3, -0.25) is 4.79 Å². The molecule has 1 heterocycles. The summed E-state index contributed by atoms with van der Waals surface area (Å²) >= 11 is 0. The molecule has 3 aromatic rings. The van der Waals surface area contributed by atoms with E-state index in [9.17, 15) is 4.79 Å². The number of hydrogen-bond donors (Lipinski definition) is 2. The molecule has 0 saturated carbocycles. The molecule has 0 spiro atoms. The minimum atomic E-state index is -0.0459. The molecule has 0 saturated heterocycles. The predicted octanol–water partition coefficient (Wildman–Crippen LogP) is 4.33. The first-order valence-corrected chi connectivity index (χ1v) is 9.35. The first-order valence-electron chi connectivity index (χ1n) is 9.35. The molecule has 0 aliphatic rings. The molecule has 0 aliphatic heterocycles. The number of carbonyl (C=O) groups excluding carboxylic acids is 1. The van der Waals surface area contributed by atoms with Crippen molar-refractivity contribution >= 4 is 23.1 Å². The molecule has 150 valence electrons. The van der Waals surface area contributed by atoms with E-state index in [0.29, 0.717) is 19.4 Å². The van der Waals surface area contributed by atoms with Crippen molar-refractivity contribution in [2.45, 2.75) is 19.8 Å². The predicted molar refractivity (Wildman–Crippen MR) is 113 cm³/mol. The lowest BCUT2D eigenvalue weighted by molar-refractivity contribution is -0.116. The zero-order chi connectivity index (χ0) is 20.5. The lowest BCUT2D eigenvalue weighted by atomic mass is 10.2. The molecule has 29 heavy (non-hydrogen) atoms. The van der Waals surface area contributed by atoms with Gasteiger partial charge in [0.15, 0.2) is 0 Å². The Labute approximate surface area is 170 Å². The summed E-state index contributed by atoms with van der Waals surface area (Å²) in [4.78, 5) is 20.3. The van der Waals surface area contributed by atoms with Crippen molar-refractivity contribution in [3.63, 3.8) is 0 Å². The Morgan fingerprint density at radius 2 is 1.66 bits per heavy atom. The van der Waals surface area contributed by atoms with Crippen LogP contribution < -0.4 is 20.1 Å². The SMILES string of the molecule is COc1ccc(OCCCC(=O)Nc2ccc(Nc3cc(C)ncn3)cc2)cc1. The molecular weight excluding hydrogens is 368 g/mol. The second-order valence-electron chi connectivity index (χ2n) is 6.42. The lowest BCUT2D eigenvalue weighted by Crippen LogP contribution is -2.12. The largest absolute Gasteiger partial charge is 0.497 e. The van der Waals surface area contributed by atoms with Crippen molar-refractivity contribution in [3.8, 4) is 11.5 Å². The van der Waals surface area contributed by atoms with Gasteiger partial charge in [-0.15, -0.1) is 0 Å². The fourth-order valence-electron chi connectivity index (χ4n) is 2.63. The molecule has 2 N–H and O–H groups in total. The summed E-state index contributed by atoms with van der Waals surface area (Å²) in [7, 11) is 1.62. The molecule has 3 rings (SSSR count). The van der Waals surface area contributed by atoms with Crippen LogP contribution in [0.25, 0.3) is 0 Å². The third-order valence-electron chi connectivity index (χ3n) is 4.12. The summed E-state index contributed by atoms with van der Waals surface area (Å²) in [5.41, 5.74) is 2.52. The summed E-state index contributed by atoms with van der Waals surface area (Å²) in [5.74, 6) is 2.22. The molecule has 7 nitrogen and oxygen atoms in total. The van der Waals surface area contributed by atoms with Gasteiger partial charge < -0.3 is 20.1 Å².